The summed E-state index contributed by atoms with van der Waals surface area (Å²) < 4.78 is 5.40. The second-order valence-electron chi connectivity index (χ2n) is 3.27. The molecule has 1 saturated carbocycles. The van der Waals surface area contributed by atoms with Crippen molar-refractivity contribution in [1.29, 1.82) is 0 Å². The fourth-order valence-corrected chi connectivity index (χ4v) is 1.81. The molecule has 0 atom stereocenters. The van der Waals surface area contributed by atoms with E-state index >= 15 is 0 Å². The average molecular weight is 171 g/mol. The highest BCUT2D eigenvalue weighted by atomic mass is 16.5. The largest absolute Gasteiger partial charge is 0.383 e. The van der Waals surface area contributed by atoms with Gasteiger partial charge in [0.05, 0.1) is 0 Å². The minimum Gasteiger partial charge on any atom is -0.383 e. The Hall–Kier alpha value is -0.770. The molecule has 4 N–H and O–H groups in total. The van der Waals surface area contributed by atoms with E-state index in [0.29, 0.717) is 5.84 Å². The summed E-state index contributed by atoms with van der Waals surface area (Å²) in [6.45, 7) is 0. The maximum atomic E-state index is 5.69. The SMILES string of the molecule is COC1(C(N)=NN)CCCCC1. The van der Waals surface area contributed by atoms with Gasteiger partial charge in [0.2, 0.25) is 0 Å². The van der Waals surface area contributed by atoms with Gasteiger partial charge in [-0.1, -0.05) is 19.3 Å². The topological polar surface area (TPSA) is 73.6 Å². The zero-order valence-electron chi connectivity index (χ0n) is 7.55. The summed E-state index contributed by atoms with van der Waals surface area (Å²) in [4.78, 5) is 0. The van der Waals surface area contributed by atoms with Crippen molar-refractivity contribution in [3.05, 3.63) is 0 Å². The number of amidine groups is 1. The third-order valence-corrected chi connectivity index (χ3v) is 2.66. The first kappa shape index (κ1) is 9.32. The number of nitrogens with two attached hydrogens (primary N) is 2. The standard InChI is InChI=1S/C8H17N3O/c1-12-8(7(9)11-10)5-3-2-4-6-8/h2-6,10H2,1H3,(H2,9,11). The van der Waals surface area contributed by atoms with Gasteiger partial charge in [-0.25, -0.2) is 0 Å². The molecule has 1 fully saturated rings. The van der Waals surface area contributed by atoms with Crippen molar-refractivity contribution in [2.24, 2.45) is 16.7 Å². The molecule has 4 heteroatoms. The van der Waals surface area contributed by atoms with Gasteiger partial charge in [0.25, 0.3) is 0 Å². The maximum Gasteiger partial charge on any atom is 0.151 e. The molecule has 0 saturated heterocycles. The average Bonchev–Trinajstić information content (AvgIpc) is 2.17. The predicted molar refractivity (Wildman–Crippen MR) is 48.6 cm³/mol. The van der Waals surface area contributed by atoms with Crippen LogP contribution in [0, 0.1) is 0 Å². The van der Waals surface area contributed by atoms with E-state index in [0.717, 1.165) is 25.7 Å². The van der Waals surface area contributed by atoms with Crippen molar-refractivity contribution in [2.75, 3.05) is 7.11 Å². The van der Waals surface area contributed by atoms with Gasteiger partial charge in [0.15, 0.2) is 5.84 Å². The van der Waals surface area contributed by atoms with Crippen molar-refractivity contribution in [1.82, 2.24) is 0 Å². The number of rotatable bonds is 2. The van der Waals surface area contributed by atoms with E-state index < -0.39 is 0 Å². The molecule has 0 aliphatic heterocycles. The molecule has 1 rings (SSSR count). The fourth-order valence-electron chi connectivity index (χ4n) is 1.81. The van der Waals surface area contributed by atoms with E-state index in [4.69, 9.17) is 16.3 Å². The molecule has 0 radical (unpaired) electrons. The van der Waals surface area contributed by atoms with Gasteiger partial charge in [-0.3, -0.25) is 0 Å². The van der Waals surface area contributed by atoms with Crippen LogP contribution in [0.3, 0.4) is 0 Å². The number of nitrogens with zero attached hydrogens (tertiary/aromatic N) is 1. The van der Waals surface area contributed by atoms with Crippen LogP contribution >= 0.6 is 0 Å². The Bertz CT molecular complexity index is 173. The van der Waals surface area contributed by atoms with Crippen molar-refractivity contribution >= 4 is 5.84 Å². The molecule has 0 heterocycles. The number of methoxy groups -OCH3 is 1. The lowest BCUT2D eigenvalue weighted by molar-refractivity contribution is 0.0180. The molecule has 0 spiro atoms. The van der Waals surface area contributed by atoms with Gasteiger partial charge in [0, 0.05) is 7.11 Å². The van der Waals surface area contributed by atoms with E-state index in [1.807, 2.05) is 0 Å². The van der Waals surface area contributed by atoms with Crippen LogP contribution in [0.2, 0.25) is 0 Å². The highest BCUT2D eigenvalue weighted by molar-refractivity contribution is 5.88. The van der Waals surface area contributed by atoms with Crippen molar-refractivity contribution in [2.45, 2.75) is 37.7 Å². The summed E-state index contributed by atoms with van der Waals surface area (Å²) in [6.07, 6.45) is 5.42. The molecule has 70 valence electrons. The van der Waals surface area contributed by atoms with Crippen molar-refractivity contribution in [3.63, 3.8) is 0 Å². The van der Waals surface area contributed by atoms with Crippen molar-refractivity contribution < 1.29 is 4.74 Å². The molecular formula is C8H17N3O. The Morgan fingerprint density at radius 3 is 2.33 bits per heavy atom. The second kappa shape index (κ2) is 3.76. The van der Waals surface area contributed by atoms with Gasteiger partial charge in [-0.05, 0) is 12.8 Å². The maximum absolute atomic E-state index is 5.69. The molecule has 0 bridgehead atoms. The predicted octanol–water partition coefficient (Wildman–Crippen LogP) is 0.567. The molecule has 0 aromatic rings. The first-order valence-electron chi connectivity index (χ1n) is 4.34. The van der Waals surface area contributed by atoms with Crippen LogP contribution in [0.5, 0.6) is 0 Å². The Balaban J connectivity index is 2.73. The molecule has 4 nitrogen and oxygen atoms in total. The molecule has 0 aromatic carbocycles. The van der Waals surface area contributed by atoms with E-state index in [-0.39, 0.29) is 5.60 Å². The molecule has 0 unspecified atom stereocenters. The van der Waals surface area contributed by atoms with E-state index in [9.17, 15) is 0 Å². The van der Waals surface area contributed by atoms with Crippen LogP contribution in [0.1, 0.15) is 32.1 Å². The monoisotopic (exact) mass is 171 g/mol. The number of ether oxygens (including phenoxy) is 1. The third-order valence-electron chi connectivity index (χ3n) is 2.66. The summed E-state index contributed by atoms with van der Waals surface area (Å²) in [5.74, 6) is 5.58. The van der Waals surface area contributed by atoms with Crippen LogP contribution in [0.25, 0.3) is 0 Å². The molecule has 0 amide bonds. The van der Waals surface area contributed by atoms with Crippen LogP contribution in [-0.4, -0.2) is 18.5 Å². The molecule has 12 heavy (non-hydrogen) atoms. The fraction of sp³-hybridized carbons (Fsp3) is 0.875. The van der Waals surface area contributed by atoms with Gasteiger partial charge >= 0.3 is 0 Å². The number of hydrazone groups is 1. The number of hydrogen-bond donors (Lipinski definition) is 2. The minimum absolute atomic E-state index is 0.368. The summed E-state index contributed by atoms with van der Waals surface area (Å²) in [5.41, 5.74) is 5.33. The molecule has 1 aliphatic carbocycles. The Morgan fingerprint density at radius 1 is 1.33 bits per heavy atom. The van der Waals surface area contributed by atoms with Crippen LogP contribution < -0.4 is 11.6 Å². The molecular weight excluding hydrogens is 154 g/mol. The Kier molecular flexibility index (Phi) is 2.92. The van der Waals surface area contributed by atoms with Gasteiger partial charge in [-0.15, -0.1) is 0 Å². The Morgan fingerprint density at radius 2 is 1.92 bits per heavy atom. The smallest absolute Gasteiger partial charge is 0.151 e. The zero-order chi connectivity index (χ0) is 9.03. The van der Waals surface area contributed by atoms with Gasteiger partial charge in [-0.2, -0.15) is 5.10 Å². The second-order valence-corrected chi connectivity index (χ2v) is 3.27. The summed E-state index contributed by atoms with van der Waals surface area (Å²) in [7, 11) is 1.67. The van der Waals surface area contributed by atoms with E-state index in [1.54, 1.807) is 7.11 Å². The molecule has 0 aromatic heterocycles. The van der Waals surface area contributed by atoms with E-state index in [2.05, 4.69) is 5.10 Å². The summed E-state index contributed by atoms with van der Waals surface area (Å²) in [6, 6.07) is 0. The normalized spacial score (nSPS) is 23.9. The third kappa shape index (κ3) is 1.53. The highest BCUT2D eigenvalue weighted by Gasteiger charge is 2.35. The Labute approximate surface area is 72.9 Å². The summed E-state index contributed by atoms with van der Waals surface area (Å²) >= 11 is 0. The lowest BCUT2D eigenvalue weighted by Crippen LogP contribution is -2.47. The van der Waals surface area contributed by atoms with Crippen LogP contribution in [0.15, 0.2) is 5.10 Å². The zero-order valence-corrected chi connectivity index (χ0v) is 7.55. The molecule has 1 aliphatic rings. The lowest BCUT2D eigenvalue weighted by atomic mass is 9.84. The quantitative estimate of drug-likeness (QED) is 0.276. The van der Waals surface area contributed by atoms with E-state index in [1.165, 1.54) is 6.42 Å². The van der Waals surface area contributed by atoms with Gasteiger partial charge < -0.3 is 16.3 Å². The number of hydrogen-bond acceptors (Lipinski definition) is 3. The van der Waals surface area contributed by atoms with Crippen LogP contribution in [0.4, 0.5) is 0 Å². The van der Waals surface area contributed by atoms with Crippen molar-refractivity contribution in [3.8, 4) is 0 Å². The lowest BCUT2D eigenvalue weighted by Gasteiger charge is -2.34. The summed E-state index contributed by atoms with van der Waals surface area (Å²) in [5, 5.41) is 3.52. The van der Waals surface area contributed by atoms with Crippen LogP contribution in [-0.2, 0) is 4.74 Å². The highest BCUT2D eigenvalue weighted by Crippen LogP contribution is 2.30. The van der Waals surface area contributed by atoms with Gasteiger partial charge in [0.1, 0.15) is 5.60 Å². The first-order valence-corrected chi connectivity index (χ1v) is 4.34. The minimum atomic E-state index is -0.368. The first-order chi connectivity index (χ1) is 5.75.